The number of aryl methyl sites for hydroxylation is 1. The van der Waals surface area contributed by atoms with Crippen LogP contribution in [0.4, 0.5) is 10.5 Å². The van der Waals surface area contributed by atoms with Crippen LogP contribution in [0.15, 0.2) is 42.6 Å². The maximum absolute atomic E-state index is 11.7. The second-order valence-corrected chi connectivity index (χ2v) is 5.04. The van der Waals surface area contributed by atoms with Crippen LogP contribution in [0, 0.1) is 18.8 Å². The van der Waals surface area contributed by atoms with Crippen molar-refractivity contribution in [1.29, 1.82) is 0 Å². The minimum absolute atomic E-state index is 0.234. The summed E-state index contributed by atoms with van der Waals surface area (Å²) in [6.07, 6.45) is 1.65. The van der Waals surface area contributed by atoms with Crippen molar-refractivity contribution in [3.63, 3.8) is 0 Å². The van der Waals surface area contributed by atoms with Gasteiger partial charge < -0.3 is 20.1 Å². The largest absolute Gasteiger partial charge is 0.494 e. The van der Waals surface area contributed by atoms with Gasteiger partial charge in [-0.15, -0.1) is 0 Å². The van der Waals surface area contributed by atoms with Crippen molar-refractivity contribution in [2.45, 2.75) is 13.8 Å². The zero-order chi connectivity index (χ0) is 17.9. The van der Waals surface area contributed by atoms with Crippen LogP contribution in [0.2, 0.25) is 0 Å². The van der Waals surface area contributed by atoms with Gasteiger partial charge in [-0.05, 0) is 50.2 Å². The lowest BCUT2D eigenvalue weighted by molar-refractivity contribution is 0.253. The maximum atomic E-state index is 11.7. The lowest BCUT2D eigenvalue weighted by atomic mass is 10.3. The summed E-state index contributed by atoms with van der Waals surface area (Å²) in [6, 6.07) is 10.6. The molecule has 2 rings (SSSR count). The number of ether oxygens (including phenoxy) is 2. The summed E-state index contributed by atoms with van der Waals surface area (Å²) >= 11 is 0. The second kappa shape index (κ2) is 9.83. The summed E-state index contributed by atoms with van der Waals surface area (Å²) in [5.41, 5.74) is 1.62. The van der Waals surface area contributed by atoms with Crippen LogP contribution in [-0.4, -0.2) is 30.8 Å². The highest BCUT2D eigenvalue weighted by Crippen LogP contribution is 2.15. The summed E-state index contributed by atoms with van der Waals surface area (Å²) < 4.78 is 10.8. The number of rotatable bonds is 6. The summed E-state index contributed by atoms with van der Waals surface area (Å²) in [6.45, 7) is 4.92. The van der Waals surface area contributed by atoms with Crippen LogP contribution in [0.5, 0.6) is 11.5 Å². The fourth-order valence-electron chi connectivity index (χ4n) is 1.87. The van der Waals surface area contributed by atoms with Crippen molar-refractivity contribution >= 4 is 11.7 Å². The molecule has 6 heteroatoms. The lowest BCUT2D eigenvalue weighted by Gasteiger charge is -2.07. The number of nitrogens with one attached hydrogen (secondary N) is 2. The van der Waals surface area contributed by atoms with Gasteiger partial charge in [0.25, 0.3) is 0 Å². The Kier molecular flexibility index (Phi) is 7.13. The van der Waals surface area contributed by atoms with E-state index in [0.29, 0.717) is 18.0 Å². The Morgan fingerprint density at radius 3 is 2.52 bits per heavy atom. The van der Waals surface area contributed by atoms with E-state index < -0.39 is 0 Å². The first-order chi connectivity index (χ1) is 12.2. The number of nitrogens with zero attached hydrogens (tertiary/aromatic N) is 1. The van der Waals surface area contributed by atoms with Crippen LogP contribution in [0.3, 0.4) is 0 Å². The Balaban J connectivity index is 1.65. The summed E-state index contributed by atoms with van der Waals surface area (Å²) in [5, 5.41) is 5.37. The summed E-state index contributed by atoms with van der Waals surface area (Å²) in [7, 11) is 0. The van der Waals surface area contributed by atoms with E-state index >= 15 is 0 Å². The van der Waals surface area contributed by atoms with E-state index in [4.69, 9.17) is 9.47 Å². The normalized spacial score (nSPS) is 9.52. The van der Waals surface area contributed by atoms with Gasteiger partial charge in [-0.25, -0.2) is 4.79 Å². The number of carbonyl (C=O) groups is 1. The highest BCUT2D eigenvalue weighted by Gasteiger charge is 2.00. The Morgan fingerprint density at radius 1 is 1.08 bits per heavy atom. The van der Waals surface area contributed by atoms with Crippen molar-refractivity contribution in [1.82, 2.24) is 10.3 Å². The number of carbonyl (C=O) groups excluding carboxylic acids is 1. The molecular formula is C19H21N3O3. The third-order valence-corrected chi connectivity index (χ3v) is 3.08. The molecule has 0 unspecified atom stereocenters. The quantitative estimate of drug-likeness (QED) is 0.794. The molecule has 2 amide bonds. The number of hydrogen-bond acceptors (Lipinski definition) is 4. The van der Waals surface area contributed by atoms with Gasteiger partial charge in [0.2, 0.25) is 0 Å². The molecule has 0 radical (unpaired) electrons. The van der Waals surface area contributed by atoms with E-state index in [1.54, 1.807) is 30.5 Å². The van der Waals surface area contributed by atoms with Gasteiger partial charge in [-0.1, -0.05) is 11.8 Å². The van der Waals surface area contributed by atoms with Gasteiger partial charge in [0.1, 0.15) is 18.1 Å². The smallest absolute Gasteiger partial charge is 0.319 e. The zero-order valence-electron chi connectivity index (χ0n) is 14.3. The molecule has 25 heavy (non-hydrogen) atoms. The zero-order valence-corrected chi connectivity index (χ0v) is 14.3. The third-order valence-electron chi connectivity index (χ3n) is 3.08. The molecule has 0 aliphatic rings. The van der Waals surface area contributed by atoms with Crippen LogP contribution in [-0.2, 0) is 0 Å². The number of aromatic nitrogens is 1. The molecule has 1 aromatic heterocycles. The fourth-order valence-corrected chi connectivity index (χ4v) is 1.87. The maximum Gasteiger partial charge on any atom is 0.319 e. The van der Waals surface area contributed by atoms with Crippen LogP contribution >= 0.6 is 0 Å². The average molecular weight is 339 g/mol. The molecule has 130 valence electrons. The molecule has 0 aliphatic heterocycles. The molecule has 6 nitrogen and oxygen atoms in total. The van der Waals surface area contributed by atoms with Gasteiger partial charge in [0, 0.05) is 11.4 Å². The van der Waals surface area contributed by atoms with E-state index in [1.165, 1.54) is 0 Å². The Hall–Kier alpha value is -3.20. The molecular weight excluding hydrogens is 318 g/mol. The lowest BCUT2D eigenvalue weighted by Crippen LogP contribution is -2.28. The van der Waals surface area contributed by atoms with Crippen molar-refractivity contribution in [2.75, 3.05) is 25.1 Å². The van der Waals surface area contributed by atoms with Gasteiger partial charge >= 0.3 is 6.03 Å². The van der Waals surface area contributed by atoms with E-state index in [-0.39, 0.29) is 19.2 Å². The van der Waals surface area contributed by atoms with Crippen LogP contribution < -0.4 is 20.1 Å². The number of urea groups is 1. The molecule has 1 heterocycles. The van der Waals surface area contributed by atoms with Crippen LogP contribution in [0.25, 0.3) is 0 Å². The minimum atomic E-state index is -0.317. The first-order valence-electron chi connectivity index (χ1n) is 7.96. The molecule has 1 aromatic carbocycles. The number of amides is 2. The van der Waals surface area contributed by atoms with Crippen molar-refractivity contribution < 1.29 is 14.3 Å². The van der Waals surface area contributed by atoms with Gasteiger partial charge in [-0.3, -0.25) is 4.98 Å². The molecule has 2 N–H and O–H groups in total. The monoisotopic (exact) mass is 339 g/mol. The summed E-state index contributed by atoms with van der Waals surface area (Å²) in [4.78, 5) is 15.9. The fraction of sp³-hybridized carbons (Fsp3) is 0.263. The molecule has 0 aliphatic carbocycles. The van der Waals surface area contributed by atoms with Crippen molar-refractivity contribution in [2.24, 2.45) is 0 Å². The highest BCUT2D eigenvalue weighted by molar-refractivity contribution is 5.89. The topological polar surface area (TPSA) is 72.5 Å². The highest BCUT2D eigenvalue weighted by atomic mass is 16.5. The van der Waals surface area contributed by atoms with E-state index in [9.17, 15) is 4.79 Å². The SMILES string of the molecule is CCOc1ccc(NC(=O)NCC#CCOc2ccc(C)nc2)cc1. The van der Waals surface area contributed by atoms with Crippen LogP contribution in [0.1, 0.15) is 12.6 Å². The standard InChI is InChI=1S/C19H21N3O3/c1-3-24-17-10-7-16(8-11-17)22-19(23)20-12-4-5-13-25-18-9-6-15(2)21-14-18/h6-11,14H,3,12-13H2,1-2H3,(H2,20,22,23). The molecule has 0 bridgehead atoms. The van der Waals surface area contributed by atoms with Gasteiger partial charge in [0.05, 0.1) is 19.3 Å². The second-order valence-electron chi connectivity index (χ2n) is 5.04. The molecule has 0 atom stereocenters. The predicted octanol–water partition coefficient (Wildman–Crippen LogP) is 2.99. The Labute approximate surface area is 147 Å². The van der Waals surface area contributed by atoms with Crippen molar-refractivity contribution in [3.05, 3.63) is 48.3 Å². The molecule has 0 saturated heterocycles. The summed E-state index contributed by atoms with van der Waals surface area (Å²) in [5.74, 6) is 7.09. The third kappa shape index (κ3) is 6.83. The molecule has 0 fully saturated rings. The average Bonchev–Trinajstić information content (AvgIpc) is 2.61. The number of anilines is 1. The Morgan fingerprint density at radius 2 is 1.84 bits per heavy atom. The van der Waals surface area contributed by atoms with E-state index in [2.05, 4.69) is 27.5 Å². The minimum Gasteiger partial charge on any atom is -0.494 e. The Bertz CT molecular complexity index is 731. The van der Waals surface area contributed by atoms with Crippen molar-refractivity contribution in [3.8, 4) is 23.3 Å². The van der Waals surface area contributed by atoms with E-state index in [1.807, 2.05) is 26.0 Å². The molecule has 2 aromatic rings. The molecule has 0 saturated carbocycles. The predicted molar refractivity (Wildman–Crippen MR) is 96.9 cm³/mol. The van der Waals surface area contributed by atoms with Gasteiger partial charge in [0.15, 0.2) is 0 Å². The first-order valence-corrected chi connectivity index (χ1v) is 7.96. The van der Waals surface area contributed by atoms with Gasteiger partial charge in [-0.2, -0.15) is 0 Å². The number of pyridine rings is 1. The molecule has 0 spiro atoms. The van der Waals surface area contributed by atoms with E-state index in [0.717, 1.165) is 11.4 Å². The number of hydrogen-bond donors (Lipinski definition) is 2. The first kappa shape index (κ1) is 18.1. The number of benzene rings is 1.